The third-order valence-electron chi connectivity index (χ3n) is 6.92. The number of piperidine rings is 1. The second kappa shape index (κ2) is 11.8. The number of ether oxygens (including phenoxy) is 1. The zero-order valence-corrected chi connectivity index (χ0v) is 21.8. The number of carbonyl (C=O) groups excluding carboxylic acids is 1. The van der Waals surface area contributed by atoms with Crippen LogP contribution in [-0.2, 0) is 21.2 Å². The van der Waals surface area contributed by atoms with E-state index in [9.17, 15) is 13.2 Å². The molecule has 1 saturated heterocycles. The molecule has 1 amide bonds. The van der Waals surface area contributed by atoms with E-state index in [0.29, 0.717) is 37.6 Å². The van der Waals surface area contributed by atoms with Gasteiger partial charge in [-0.2, -0.15) is 4.72 Å². The molecular weight excluding hydrogens is 474 g/mol. The minimum Gasteiger partial charge on any atom is -0.497 e. The van der Waals surface area contributed by atoms with Crippen molar-refractivity contribution < 1.29 is 17.9 Å². The van der Waals surface area contributed by atoms with Crippen molar-refractivity contribution in [2.24, 2.45) is 5.92 Å². The quantitative estimate of drug-likeness (QED) is 0.405. The lowest BCUT2D eigenvalue weighted by Crippen LogP contribution is -2.50. The molecule has 1 atom stereocenters. The molecule has 0 aliphatic carbocycles. The molecule has 1 aliphatic rings. The van der Waals surface area contributed by atoms with Crippen molar-refractivity contribution in [3.8, 4) is 5.75 Å². The van der Waals surface area contributed by atoms with Crippen LogP contribution in [0.25, 0.3) is 10.8 Å². The summed E-state index contributed by atoms with van der Waals surface area (Å²) in [5.41, 5.74) is 0.998. The highest BCUT2D eigenvalue weighted by Gasteiger charge is 2.30. The Labute approximate surface area is 213 Å². The number of aromatic nitrogens is 1. The summed E-state index contributed by atoms with van der Waals surface area (Å²) in [5, 5.41) is 1.68. The lowest BCUT2D eigenvalue weighted by molar-refractivity contribution is -0.134. The molecule has 1 aliphatic heterocycles. The molecule has 4 rings (SSSR count). The number of unbranched alkanes of at least 4 members (excludes halogenated alkanes) is 1. The van der Waals surface area contributed by atoms with Crippen molar-refractivity contribution in [3.63, 3.8) is 0 Å². The van der Waals surface area contributed by atoms with Crippen molar-refractivity contribution >= 4 is 26.7 Å². The molecule has 3 aromatic rings. The molecule has 1 unspecified atom stereocenters. The predicted octanol–water partition coefficient (Wildman–Crippen LogP) is 4.56. The van der Waals surface area contributed by atoms with E-state index in [0.717, 1.165) is 42.1 Å². The number of hydrogen-bond acceptors (Lipinski definition) is 5. The maximum absolute atomic E-state index is 13.4. The zero-order chi connectivity index (χ0) is 25.5. The molecule has 1 fully saturated rings. The van der Waals surface area contributed by atoms with Crippen LogP contribution in [0.1, 0.15) is 44.7 Å². The maximum atomic E-state index is 13.4. The minimum absolute atomic E-state index is 0.134. The highest BCUT2D eigenvalue weighted by molar-refractivity contribution is 7.89. The van der Waals surface area contributed by atoms with E-state index in [4.69, 9.17) is 4.74 Å². The maximum Gasteiger partial charge on any atom is 0.241 e. The molecule has 7 nitrogen and oxygen atoms in total. The van der Waals surface area contributed by atoms with Gasteiger partial charge in [-0.3, -0.25) is 9.78 Å². The van der Waals surface area contributed by atoms with Crippen LogP contribution in [-0.4, -0.2) is 50.5 Å². The SMILES string of the molecule is COc1ccc2ccc(S(=O)(=O)NC(CCCCc3ccccn3)C(=O)N3CCC(C)CC3)cc2c1. The van der Waals surface area contributed by atoms with Crippen molar-refractivity contribution in [1.29, 1.82) is 0 Å². The van der Waals surface area contributed by atoms with E-state index in [2.05, 4.69) is 16.6 Å². The summed E-state index contributed by atoms with van der Waals surface area (Å²) in [5.74, 6) is 1.10. The van der Waals surface area contributed by atoms with Gasteiger partial charge in [-0.1, -0.05) is 31.5 Å². The van der Waals surface area contributed by atoms with Gasteiger partial charge in [0.25, 0.3) is 0 Å². The Morgan fingerprint density at radius 3 is 2.58 bits per heavy atom. The van der Waals surface area contributed by atoms with Crippen molar-refractivity contribution in [3.05, 3.63) is 66.5 Å². The number of pyridine rings is 1. The van der Waals surface area contributed by atoms with Crippen LogP contribution in [0.2, 0.25) is 0 Å². The van der Waals surface area contributed by atoms with Crippen LogP contribution >= 0.6 is 0 Å². The Bertz CT molecular complexity index is 1270. The summed E-state index contributed by atoms with van der Waals surface area (Å²) in [7, 11) is -2.33. The van der Waals surface area contributed by atoms with E-state index in [-0.39, 0.29) is 10.8 Å². The fraction of sp³-hybridized carbons (Fsp3) is 0.429. The number of methoxy groups -OCH3 is 1. The average molecular weight is 510 g/mol. The van der Waals surface area contributed by atoms with Crippen LogP contribution in [0.5, 0.6) is 5.75 Å². The predicted molar refractivity (Wildman–Crippen MR) is 141 cm³/mol. The fourth-order valence-corrected chi connectivity index (χ4v) is 5.89. The van der Waals surface area contributed by atoms with Crippen molar-refractivity contribution in [2.75, 3.05) is 20.2 Å². The number of aryl methyl sites for hydroxylation is 1. The van der Waals surface area contributed by atoms with E-state index in [1.807, 2.05) is 41.3 Å². The largest absolute Gasteiger partial charge is 0.497 e. The number of benzene rings is 2. The van der Waals surface area contributed by atoms with Crippen LogP contribution in [0.15, 0.2) is 65.7 Å². The molecule has 36 heavy (non-hydrogen) atoms. The van der Waals surface area contributed by atoms with Gasteiger partial charge in [0.15, 0.2) is 0 Å². The molecule has 0 saturated carbocycles. The first kappa shape index (κ1) is 26.1. The van der Waals surface area contributed by atoms with Gasteiger partial charge in [0.1, 0.15) is 11.8 Å². The Morgan fingerprint density at radius 2 is 1.86 bits per heavy atom. The molecule has 0 bridgehead atoms. The van der Waals surface area contributed by atoms with Gasteiger partial charge < -0.3 is 9.64 Å². The van der Waals surface area contributed by atoms with E-state index < -0.39 is 16.1 Å². The van der Waals surface area contributed by atoms with Crippen LogP contribution < -0.4 is 9.46 Å². The van der Waals surface area contributed by atoms with Crippen LogP contribution in [0, 0.1) is 5.92 Å². The highest BCUT2D eigenvalue weighted by Crippen LogP contribution is 2.25. The first-order valence-electron chi connectivity index (χ1n) is 12.6. The van der Waals surface area contributed by atoms with Crippen LogP contribution in [0.3, 0.4) is 0 Å². The molecular formula is C28H35N3O4S. The molecule has 8 heteroatoms. The third-order valence-corrected chi connectivity index (χ3v) is 8.39. The number of hydrogen-bond donors (Lipinski definition) is 1. The van der Waals surface area contributed by atoms with Gasteiger partial charge in [0, 0.05) is 25.0 Å². The smallest absolute Gasteiger partial charge is 0.241 e. The van der Waals surface area contributed by atoms with Gasteiger partial charge in [-0.05, 0) is 85.2 Å². The summed E-state index contributed by atoms with van der Waals surface area (Å²) in [6.07, 6.45) is 6.44. The minimum atomic E-state index is -3.90. The number of sulfonamides is 1. The average Bonchev–Trinajstić information content (AvgIpc) is 2.90. The lowest BCUT2D eigenvalue weighted by Gasteiger charge is -2.33. The number of likely N-dealkylation sites (tertiary alicyclic amines) is 1. The Kier molecular flexibility index (Phi) is 8.59. The number of carbonyl (C=O) groups is 1. The fourth-order valence-electron chi connectivity index (χ4n) is 4.64. The first-order chi connectivity index (χ1) is 17.4. The van der Waals surface area contributed by atoms with Crippen molar-refractivity contribution in [2.45, 2.75) is 56.4 Å². The Balaban J connectivity index is 1.50. The van der Waals surface area contributed by atoms with E-state index >= 15 is 0 Å². The third kappa shape index (κ3) is 6.62. The molecule has 0 radical (unpaired) electrons. The van der Waals surface area contributed by atoms with Gasteiger partial charge in [0.05, 0.1) is 12.0 Å². The van der Waals surface area contributed by atoms with Gasteiger partial charge >= 0.3 is 0 Å². The summed E-state index contributed by atoms with van der Waals surface area (Å²) in [4.78, 5) is 19.8. The topological polar surface area (TPSA) is 88.6 Å². The molecule has 1 aromatic heterocycles. The number of fused-ring (bicyclic) bond motifs is 1. The zero-order valence-electron chi connectivity index (χ0n) is 21.0. The van der Waals surface area contributed by atoms with Gasteiger partial charge in [-0.15, -0.1) is 0 Å². The number of nitrogens with one attached hydrogen (secondary N) is 1. The molecule has 1 N–H and O–H groups in total. The van der Waals surface area contributed by atoms with Gasteiger partial charge in [0.2, 0.25) is 15.9 Å². The molecule has 2 heterocycles. The number of amides is 1. The molecule has 2 aromatic carbocycles. The van der Waals surface area contributed by atoms with Gasteiger partial charge in [-0.25, -0.2) is 8.42 Å². The molecule has 0 spiro atoms. The van der Waals surface area contributed by atoms with Crippen LogP contribution in [0.4, 0.5) is 0 Å². The number of nitrogens with zero attached hydrogens (tertiary/aromatic N) is 2. The second-order valence-electron chi connectivity index (χ2n) is 9.62. The Hall–Kier alpha value is -2.97. The standard InChI is InChI=1S/C28H35N3O4S/c1-21-14-17-31(18-15-21)28(32)27(9-4-3-7-24-8-5-6-16-29-24)30-36(33,34)26-13-11-22-10-12-25(35-2)19-23(22)20-26/h5-6,8,10-13,16,19-21,27,30H,3-4,7,9,14-15,17-18H2,1-2H3. The van der Waals surface area contributed by atoms with Crippen molar-refractivity contribution in [1.82, 2.24) is 14.6 Å². The molecule has 192 valence electrons. The highest BCUT2D eigenvalue weighted by atomic mass is 32.2. The monoisotopic (exact) mass is 509 g/mol. The summed E-state index contributed by atoms with van der Waals surface area (Å²) >= 11 is 0. The Morgan fingerprint density at radius 1 is 1.08 bits per heavy atom. The van der Waals surface area contributed by atoms with E-state index in [1.165, 1.54) is 0 Å². The van der Waals surface area contributed by atoms with E-state index in [1.54, 1.807) is 31.5 Å². The summed E-state index contributed by atoms with van der Waals surface area (Å²) < 4.78 is 34.9. The summed E-state index contributed by atoms with van der Waals surface area (Å²) in [6.45, 7) is 3.53. The lowest BCUT2D eigenvalue weighted by atomic mass is 9.98. The normalized spacial score (nSPS) is 15.7. The summed E-state index contributed by atoms with van der Waals surface area (Å²) in [6, 6.07) is 15.6. The number of rotatable bonds is 10. The first-order valence-corrected chi connectivity index (χ1v) is 14.1. The second-order valence-corrected chi connectivity index (χ2v) is 11.3.